The number of carbonyl (C=O) groups excluding carboxylic acids is 2. The Morgan fingerprint density at radius 1 is 1.17 bits per heavy atom. The van der Waals surface area contributed by atoms with Gasteiger partial charge in [0.05, 0.1) is 22.7 Å². The highest BCUT2D eigenvalue weighted by atomic mass is 35.5. The van der Waals surface area contributed by atoms with Gasteiger partial charge in [0.2, 0.25) is 0 Å². The van der Waals surface area contributed by atoms with Gasteiger partial charge >= 0.3 is 6.18 Å². The van der Waals surface area contributed by atoms with E-state index in [4.69, 9.17) is 11.6 Å². The van der Waals surface area contributed by atoms with E-state index in [9.17, 15) is 27.9 Å². The van der Waals surface area contributed by atoms with Crippen molar-refractivity contribution in [3.63, 3.8) is 0 Å². The van der Waals surface area contributed by atoms with Gasteiger partial charge in [0.25, 0.3) is 11.8 Å². The summed E-state index contributed by atoms with van der Waals surface area (Å²) < 4.78 is 38.2. The molecule has 1 fully saturated rings. The highest BCUT2D eigenvalue weighted by molar-refractivity contribution is 6.33. The summed E-state index contributed by atoms with van der Waals surface area (Å²) in [6.07, 6.45) is -0.394. The van der Waals surface area contributed by atoms with Gasteiger partial charge in [-0.25, -0.2) is 4.98 Å². The van der Waals surface area contributed by atoms with Crippen molar-refractivity contribution in [2.45, 2.75) is 43.8 Å². The number of hydrogen-bond acceptors (Lipinski definition) is 5. The molecular formula is C25H26ClF3N4O3. The molecule has 0 radical (unpaired) electrons. The van der Waals surface area contributed by atoms with E-state index in [2.05, 4.69) is 27.8 Å². The number of anilines is 1. The predicted octanol–water partition coefficient (Wildman–Crippen LogP) is 4.66. The van der Waals surface area contributed by atoms with Gasteiger partial charge in [0.15, 0.2) is 5.76 Å². The van der Waals surface area contributed by atoms with Crippen LogP contribution in [0.2, 0.25) is 5.02 Å². The standard InChI is InChI=1S/C25H26ClF3N4O3/c26-20-12-17(25(27,28)29)13-31-22(20)30-10-11-33-14-19(21(34)24(33)36)23(35)32-18-8-6-16(7-9-18)15-4-2-1-3-5-15/h1-5,12-13,16,18,34H,6-11,14H2,(H,30,31)(H,32,35)/t16-,18+. The molecule has 1 aromatic carbocycles. The molecule has 2 heterocycles. The highest BCUT2D eigenvalue weighted by Crippen LogP contribution is 2.34. The van der Waals surface area contributed by atoms with Crippen molar-refractivity contribution >= 4 is 29.2 Å². The highest BCUT2D eigenvalue weighted by Gasteiger charge is 2.35. The lowest BCUT2D eigenvalue weighted by Gasteiger charge is -2.29. The first-order chi connectivity index (χ1) is 17.1. The number of benzene rings is 1. The molecule has 4 rings (SSSR count). The van der Waals surface area contributed by atoms with Crippen molar-refractivity contribution in [2.75, 3.05) is 25.0 Å². The third kappa shape index (κ3) is 5.92. The number of rotatable bonds is 7. The Hall–Kier alpha value is -3.27. The van der Waals surface area contributed by atoms with Crippen LogP contribution in [0.4, 0.5) is 19.0 Å². The van der Waals surface area contributed by atoms with E-state index < -0.39 is 29.3 Å². The molecule has 2 aromatic rings. The smallest absolute Gasteiger partial charge is 0.417 e. The maximum absolute atomic E-state index is 12.8. The lowest BCUT2D eigenvalue weighted by molar-refractivity contribution is -0.137. The SMILES string of the molecule is O=C(N[C@H]1CC[C@@H](c2ccccc2)CC1)C1=C(O)C(=O)N(CCNc2ncc(C(F)(F)F)cc2Cl)C1. The Kier molecular flexibility index (Phi) is 7.73. The van der Waals surface area contributed by atoms with Crippen molar-refractivity contribution in [1.29, 1.82) is 0 Å². The fourth-order valence-corrected chi connectivity index (χ4v) is 4.81. The van der Waals surface area contributed by atoms with Gasteiger partial charge in [-0.3, -0.25) is 9.59 Å². The first-order valence-corrected chi connectivity index (χ1v) is 12.0. The van der Waals surface area contributed by atoms with E-state index in [1.807, 2.05) is 18.2 Å². The quantitative estimate of drug-likeness (QED) is 0.491. The topological polar surface area (TPSA) is 94.6 Å². The molecule has 2 aliphatic rings. The van der Waals surface area contributed by atoms with Crippen LogP contribution in [0, 0.1) is 0 Å². The number of nitrogens with zero attached hydrogens (tertiary/aromatic N) is 2. The number of hydrogen-bond donors (Lipinski definition) is 3. The first kappa shape index (κ1) is 25.8. The molecule has 0 saturated heterocycles. The monoisotopic (exact) mass is 522 g/mol. The minimum Gasteiger partial charge on any atom is -0.503 e. The Bertz CT molecular complexity index is 1150. The van der Waals surface area contributed by atoms with E-state index in [1.54, 1.807) is 0 Å². The van der Waals surface area contributed by atoms with Crippen molar-refractivity contribution in [3.8, 4) is 0 Å². The zero-order chi connectivity index (χ0) is 25.9. The third-order valence-electron chi connectivity index (χ3n) is 6.57. The van der Waals surface area contributed by atoms with Gasteiger partial charge in [-0.15, -0.1) is 0 Å². The Labute approximate surface area is 211 Å². The molecule has 0 atom stereocenters. The van der Waals surface area contributed by atoms with Gasteiger partial charge in [0, 0.05) is 25.3 Å². The fourth-order valence-electron chi connectivity index (χ4n) is 4.58. The van der Waals surface area contributed by atoms with Crippen LogP contribution in [-0.4, -0.2) is 52.5 Å². The molecule has 1 aliphatic carbocycles. The van der Waals surface area contributed by atoms with Crippen LogP contribution in [0.25, 0.3) is 0 Å². The molecule has 3 N–H and O–H groups in total. The van der Waals surface area contributed by atoms with Gasteiger partial charge < -0.3 is 20.6 Å². The normalized spacial score (nSPS) is 20.6. The summed E-state index contributed by atoms with van der Waals surface area (Å²) in [5, 5.41) is 15.8. The second kappa shape index (κ2) is 10.8. The summed E-state index contributed by atoms with van der Waals surface area (Å²) >= 11 is 5.88. The van der Waals surface area contributed by atoms with Gasteiger partial charge in [-0.1, -0.05) is 41.9 Å². The number of alkyl halides is 3. The molecule has 36 heavy (non-hydrogen) atoms. The summed E-state index contributed by atoms with van der Waals surface area (Å²) in [4.78, 5) is 30.2. The number of carbonyl (C=O) groups is 2. The van der Waals surface area contributed by atoms with Gasteiger partial charge in [-0.2, -0.15) is 13.2 Å². The summed E-state index contributed by atoms with van der Waals surface area (Å²) in [5.41, 5.74) is 0.336. The largest absolute Gasteiger partial charge is 0.503 e. The number of amides is 2. The number of aromatic nitrogens is 1. The molecule has 192 valence electrons. The fraction of sp³-hybridized carbons (Fsp3) is 0.400. The minimum absolute atomic E-state index is 0.0101. The van der Waals surface area contributed by atoms with Crippen molar-refractivity contribution < 1.29 is 27.9 Å². The molecule has 2 amide bonds. The maximum atomic E-state index is 12.8. The van der Waals surface area contributed by atoms with Crippen LogP contribution in [0.3, 0.4) is 0 Å². The van der Waals surface area contributed by atoms with Crippen molar-refractivity contribution in [3.05, 3.63) is 70.1 Å². The molecule has 0 bridgehead atoms. The number of nitrogens with one attached hydrogen (secondary N) is 2. The number of pyridine rings is 1. The van der Waals surface area contributed by atoms with Crippen LogP contribution in [0.15, 0.2) is 53.9 Å². The molecule has 0 spiro atoms. The molecule has 0 unspecified atom stereocenters. The Balaban J connectivity index is 1.26. The zero-order valence-corrected chi connectivity index (χ0v) is 20.1. The number of halogens is 4. The van der Waals surface area contributed by atoms with Crippen LogP contribution < -0.4 is 10.6 Å². The lowest BCUT2D eigenvalue weighted by Crippen LogP contribution is -2.39. The van der Waals surface area contributed by atoms with Crippen LogP contribution in [0.5, 0.6) is 0 Å². The molecule has 1 aliphatic heterocycles. The van der Waals surface area contributed by atoms with Crippen LogP contribution in [-0.2, 0) is 15.8 Å². The van der Waals surface area contributed by atoms with Gasteiger partial charge in [-0.05, 0) is 43.2 Å². The molecule has 1 saturated carbocycles. The van der Waals surface area contributed by atoms with E-state index >= 15 is 0 Å². The van der Waals surface area contributed by atoms with Crippen LogP contribution >= 0.6 is 11.6 Å². The average Bonchev–Trinajstić information content (AvgIpc) is 3.14. The summed E-state index contributed by atoms with van der Waals surface area (Å²) in [7, 11) is 0. The Morgan fingerprint density at radius 3 is 2.50 bits per heavy atom. The molecule has 1 aromatic heterocycles. The summed E-state index contributed by atoms with van der Waals surface area (Å²) in [5.74, 6) is -1.24. The zero-order valence-electron chi connectivity index (χ0n) is 19.3. The number of aliphatic hydroxyl groups is 1. The molecule has 11 heteroatoms. The predicted molar refractivity (Wildman–Crippen MR) is 129 cm³/mol. The van der Waals surface area contributed by atoms with E-state index in [-0.39, 0.29) is 42.1 Å². The molecular weight excluding hydrogens is 497 g/mol. The lowest BCUT2D eigenvalue weighted by atomic mass is 9.82. The second-order valence-electron chi connectivity index (χ2n) is 8.97. The van der Waals surface area contributed by atoms with E-state index in [0.717, 1.165) is 31.7 Å². The molecule has 7 nitrogen and oxygen atoms in total. The maximum Gasteiger partial charge on any atom is 0.417 e. The summed E-state index contributed by atoms with van der Waals surface area (Å²) in [6, 6.07) is 11.0. The number of aliphatic hydroxyl groups excluding tert-OH is 1. The van der Waals surface area contributed by atoms with Crippen LogP contribution in [0.1, 0.15) is 42.7 Å². The minimum atomic E-state index is -4.56. The third-order valence-corrected chi connectivity index (χ3v) is 6.86. The van der Waals surface area contributed by atoms with Gasteiger partial charge in [0.1, 0.15) is 5.82 Å². The Morgan fingerprint density at radius 2 is 1.86 bits per heavy atom. The van der Waals surface area contributed by atoms with E-state index in [0.29, 0.717) is 12.1 Å². The second-order valence-corrected chi connectivity index (χ2v) is 9.37. The van der Waals surface area contributed by atoms with E-state index in [1.165, 1.54) is 10.5 Å². The van der Waals surface area contributed by atoms with Crippen molar-refractivity contribution in [2.24, 2.45) is 0 Å². The summed E-state index contributed by atoms with van der Waals surface area (Å²) in [6.45, 7) is 0.127. The average molecular weight is 523 g/mol. The van der Waals surface area contributed by atoms with Crippen molar-refractivity contribution in [1.82, 2.24) is 15.2 Å². The first-order valence-electron chi connectivity index (χ1n) is 11.7.